The average Bonchev–Trinajstić information content (AvgIpc) is 3.31. The number of carbonyl (C=O) groups is 3. The lowest BCUT2D eigenvalue weighted by Gasteiger charge is -2.12. The summed E-state index contributed by atoms with van der Waals surface area (Å²) < 4.78 is 33.8. The number of aromatic nitrogens is 1. The first kappa shape index (κ1) is 26.2. The Morgan fingerprint density at radius 2 is 1.64 bits per heavy atom. The van der Waals surface area contributed by atoms with Gasteiger partial charge in [-0.3, -0.25) is 14.9 Å². The number of benzene rings is 2. The van der Waals surface area contributed by atoms with E-state index in [1.165, 1.54) is 49.6 Å². The molecule has 2 N–H and O–H groups in total. The SMILES string of the molecule is COc1cc(C(=O)OCC(=O)Nc2cc(C(C)(C)C)no2)ccc1OCC(=O)Nc1ccc(F)cc1. The maximum atomic E-state index is 13.0. The van der Waals surface area contributed by atoms with Crippen molar-refractivity contribution in [2.45, 2.75) is 26.2 Å². The summed E-state index contributed by atoms with van der Waals surface area (Å²) >= 11 is 0. The van der Waals surface area contributed by atoms with Gasteiger partial charge >= 0.3 is 5.97 Å². The molecule has 3 aromatic rings. The first-order chi connectivity index (χ1) is 17.0. The van der Waals surface area contributed by atoms with Crippen LogP contribution in [0.5, 0.6) is 11.5 Å². The zero-order chi connectivity index (χ0) is 26.3. The lowest BCUT2D eigenvalue weighted by molar-refractivity contribution is -0.119. The van der Waals surface area contributed by atoms with Crippen molar-refractivity contribution in [1.82, 2.24) is 5.16 Å². The molecule has 10 nitrogen and oxygen atoms in total. The Morgan fingerprint density at radius 3 is 2.28 bits per heavy atom. The molecule has 2 amide bonds. The molecule has 0 bridgehead atoms. The molecule has 0 spiro atoms. The lowest BCUT2D eigenvalue weighted by Crippen LogP contribution is -2.21. The summed E-state index contributed by atoms with van der Waals surface area (Å²) in [5.74, 6) is -1.72. The van der Waals surface area contributed by atoms with E-state index in [2.05, 4.69) is 15.8 Å². The van der Waals surface area contributed by atoms with E-state index in [0.29, 0.717) is 11.4 Å². The van der Waals surface area contributed by atoms with Crippen LogP contribution in [-0.4, -0.2) is 43.3 Å². The quantitative estimate of drug-likeness (QED) is 0.424. The molecule has 1 heterocycles. The third-order valence-electron chi connectivity index (χ3n) is 4.76. The Kier molecular flexibility index (Phi) is 8.26. The van der Waals surface area contributed by atoms with Gasteiger partial charge in [0.05, 0.1) is 18.4 Å². The number of anilines is 2. The van der Waals surface area contributed by atoms with Gasteiger partial charge in [-0.15, -0.1) is 0 Å². The Balaban J connectivity index is 1.51. The molecular formula is C25H26FN3O7. The Labute approximate surface area is 206 Å². The molecule has 0 fully saturated rings. The molecule has 2 aromatic carbocycles. The summed E-state index contributed by atoms with van der Waals surface area (Å²) in [4.78, 5) is 36.6. The third kappa shape index (κ3) is 7.29. The van der Waals surface area contributed by atoms with Gasteiger partial charge in [0.2, 0.25) is 5.88 Å². The van der Waals surface area contributed by atoms with Crippen LogP contribution in [0, 0.1) is 5.82 Å². The van der Waals surface area contributed by atoms with Gasteiger partial charge in [0.25, 0.3) is 11.8 Å². The Morgan fingerprint density at radius 1 is 0.944 bits per heavy atom. The highest BCUT2D eigenvalue weighted by molar-refractivity contribution is 5.95. The second-order valence-corrected chi connectivity index (χ2v) is 8.66. The highest BCUT2D eigenvalue weighted by Crippen LogP contribution is 2.28. The molecule has 190 valence electrons. The number of nitrogens with one attached hydrogen (secondary N) is 2. The number of carbonyl (C=O) groups excluding carboxylic acids is 3. The number of nitrogens with zero attached hydrogens (tertiary/aromatic N) is 1. The van der Waals surface area contributed by atoms with Crippen molar-refractivity contribution in [3.05, 3.63) is 65.6 Å². The topological polar surface area (TPSA) is 129 Å². The van der Waals surface area contributed by atoms with E-state index in [1.54, 1.807) is 6.07 Å². The molecule has 36 heavy (non-hydrogen) atoms. The smallest absolute Gasteiger partial charge is 0.338 e. The molecule has 0 unspecified atom stereocenters. The molecule has 11 heteroatoms. The zero-order valence-corrected chi connectivity index (χ0v) is 20.2. The van der Waals surface area contributed by atoms with E-state index in [-0.39, 0.29) is 35.0 Å². The molecule has 0 saturated heterocycles. The fourth-order valence-corrected chi connectivity index (χ4v) is 2.86. The molecule has 0 saturated carbocycles. The van der Waals surface area contributed by atoms with Gasteiger partial charge in [0, 0.05) is 17.2 Å². The highest BCUT2D eigenvalue weighted by Gasteiger charge is 2.20. The minimum atomic E-state index is -0.767. The normalized spacial score (nSPS) is 10.9. The van der Waals surface area contributed by atoms with Gasteiger partial charge in [-0.05, 0) is 42.5 Å². The summed E-state index contributed by atoms with van der Waals surface area (Å²) in [6.45, 7) is 4.95. The van der Waals surface area contributed by atoms with Crippen molar-refractivity contribution in [3.63, 3.8) is 0 Å². The molecule has 0 aliphatic carbocycles. The standard InChI is InChI=1S/C25H26FN3O7/c1-25(2,3)20-12-23(36-29-20)28-22(31)14-35-24(32)15-5-10-18(19(11-15)33-4)34-13-21(30)27-17-8-6-16(26)7-9-17/h5-12H,13-14H2,1-4H3,(H,27,30)(H,28,31). The fraction of sp³-hybridized carbons (Fsp3) is 0.280. The van der Waals surface area contributed by atoms with Crippen molar-refractivity contribution >= 4 is 29.4 Å². The van der Waals surface area contributed by atoms with Crippen molar-refractivity contribution in [2.24, 2.45) is 0 Å². The summed E-state index contributed by atoms with van der Waals surface area (Å²) in [5.41, 5.74) is 0.937. The van der Waals surface area contributed by atoms with Crippen LogP contribution in [0.15, 0.2) is 53.1 Å². The molecule has 1 aromatic heterocycles. The van der Waals surface area contributed by atoms with Crippen molar-refractivity contribution in [1.29, 1.82) is 0 Å². The van der Waals surface area contributed by atoms with Crippen LogP contribution in [0.3, 0.4) is 0 Å². The molecule has 0 atom stereocenters. The number of amides is 2. The van der Waals surface area contributed by atoms with Crippen LogP contribution in [0.1, 0.15) is 36.8 Å². The van der Waals surface area contributed by atoms with Gasteiger partial charge in [-0.2, -0.15) is 0 Å². The maximum absolute atomic E-state index is 13.0. The van der Waals surface area contributed by atoms with Gasteiger partial charge < -0.3 is 24.1 Å². The number of hydrogen-bond donors (Lipinski definition) is 2. The molecule has 0 radical (unpaired) electrons. The fourth-order valence-electron chi connectivity index (χ4n) is 2.86. The maximum Gasteiger partial charge on any atom is 0.338 e. The Bertz CT molecular complexity index is 1230. The molecule has 3 rings (SSSR count). The number of hydrogen-bond acceptors (Lipinski definition) is 8. The van der Waals surface area contributed by atoms with Crippen molar-refractivity contribution in [3.8, 4) is 11.5 Å². The monoisotopic (exact) mass is 499 g/mol. The van der Waals surface area contributed by atoms with Gasteiger partial charge in [0.15, 0.2) is 24.7 Å². The number of methoxy groups -OCH3 is 1. The van der Waals surface area contributed by atoms with Crippen LogP contribution in [0.25, 0.3) is 0 Å². The van der Waals surface area contributed by atoms with Gasteiger partial charge in [0.1, 0.15) is 5.82 Å². The van der Waals surface area contributed by atoms with Crippen LogP contribution in [0.2, 0.25) is 0 Å². The second kappa shape index (κ2) is 11.3. The van der Waals surface area contributed by atoms with Crippen LogP contribution in [0.4, 0.5) is 16.0 Å². The minimum absolute atomic E-state index is 0.109. The highest BCUT2D eigenvalue weighted by atomic mass is 19.1. The first-order valence-corrected chi connectivity index (χ1v) is 10.9. The Hall–Kier alpha value is -4.41. The van der Waals surface area contributed by atoms with E-state index < -0.39 is 30.2 Å². The van der Waals surface area contributed by atoms with Gasteiger partial charge in [-0.25, -0.2) is 9.18 Å². The van der Waals surface area contributed by atoms with E-state index in [0.717, 1.165) is 0 Å². The summed E-state index contributed by atoms with van der Waals surface area (Å²) in [5, 5.41) is 8.94. The zero-order valence-electron chi connectivity index (χ0n) is 20.2. The predicted molar refractivity (Wildman–Crippen MR) is 128 cm³/mol. The lowest BCUT2D eigenvalue weighted by atomic mass is 9.92. The predicted octanol–water partition coefficient (Wildman–Crippen LogP) is 3.93. The van der Waals surface area contributed by atoms with Crippen molar-refractivity contribution in [2.75, 3.05) is 31.0 Å². The second-order valence-electron chi connectivity index (χ2n) is 8.66. The molecule has 0 aliphatic heterocycles. The molecular weight excluding hydrogens is 473 g/mol. The van der Waals surface area contributed by atoms with E-state index in [1.807, 2.05) is 20.8 Å². The number of rotatable bonds is 9. The van der Waals surface area contributed by atoms with Crippen LogP contribution < -0.4 is 20.1 Å². The van der Waals surface area contributed by atoms with E-state index in [4.69, 9.17) is 18.7 Å². The first-order valence-electron chi connectivity index (χ1n) is 10.9. The summed E-state index contributed by atoms with van der Waals surface area (Å²) in [6, 6.07) is 11.1. The third-order valence-corrected chi connectivity index (χ3v) is 4.76. The van der Waals surface area contributed by atoms with Gasteiger partial charge in [-0.1, -0.05) is 25.9 Å². The minimum Gasteiger partial charge on any atom is -0.493 e. The van der Waals surface area contributed by atoms with Crippen molar-refractivity contribution < 1.29 is 37.5 Å². The number of esters is 1. The van der Waals surface area contributed by atoms with E-state index in [9.17, 15) is 18.8 Å². The summed E-state index contributed by atoms with van der Waals surface area (Å²) in [7, 11) is 1.37. The van der Waals surface area contributed by atoms with E-state index >= 15 is 0 Å². The average molecular weight is 499 g/mol. The summed E-state index contributed by atoms with van der Waals surface area (Å²) in [6.07, 6.45) is 0. The largest absolute Gasteiger partial charge is 0.493 e. The van der Waals surface area contributed by atoms with Crippen LogP contribution >= 0.6 is 0 Å². The number of halogens is 1. The number of ether oxygens (including phenoxy) is 3. The molecule has 0 aliphatic rings. The van der Waals surface area contributed by atoms with Crippen LogP contribution in [-0.2, 0) is 19.7 Å².